The molecular formula is C23H21N3O. The molecule has 0 spiro atoms. The topological polar surface area (TPSA) is 58.9 Å². The van der Waals surface area contributed by atoms with E-state index < -0.39 is 0 Å². The minimum absolute atomic E-state index is 0.0208. The monoisotopic (exact) mass is 355 g/mol. The van der Waals surface area contributed by atoms with Crippen LogP contribution >= 0.6 is 0 Å². The highest BCUT2D eigenvalue weighted by atomic mass is 16.3. The Bertz CT molecular complexity index is 1050. The van der Waals surface area contributed by atoms with E-state index >= 15 is 0 Å². The molecule has 1 unspecified atom stereocenters. The second-order valence-electron chi connectivity index (χ2n) is 6.73. The normalized spacial score (nSPS) is 12.2. The van der Waals surface area contributed by atoms with Gasteiger partial charge in [-0.25, -0.2) is 4.98 Å². The molecule has 0 bridgehead atoms. The van der Waals surface area contributed by atoms with Gasteiger partial charge in [-0.05, 0) is 49.6 Å². The molecule has 0 aliphatic rings. The quantitative estimate of drug-likeness (QED) is 0.558. The number of hydrogen-bond donors (Lipinski definition) is 1. The summed E-state index contributed by atoms with van der Waals surface area (Å²) in [5.74, 6) is 0.276. The highest BCUT2D eigenvalue weighted by Crippen LogP contribution is 2.38. The maximum Gasteiger partial charge on any atom is 0.145 e. The van der Waals surface area contributed by atoms with Crippen molar-refractivity contribution in [1.82, 2.24) is 15.0 Å². The van der Waals surface area contributed by atoms with E-state index in [1.165, 1.54) is 0 Å². The van der Waals surface area contributed by atoms with Gasteiger partial charge in [0.15, 0.2) is 0 Å². The third kappa shape index (κ3) is 3.65. The van der Waals surface area contributed by atoms with Crippen LogP contribution in [0, 0.1) is 6.92 Å². The zero-order chi connectivity index (χ0) is 18.6. The van der Waals surface area contributed by atoms with Crippen LogP contribution < -0.4 is 0 Å². The average Bonchev–Trinajstić information content (AvgIpc) is 2.71. The first kappa shape index (κ1) is 17.2. The summed E-state index contributed by atoms with van der Waals surface area (Å²) < 4.78 is 0. The lowest BCUT2D eigenvalue weighted by Crippen LogP contribution is -2.05. The summed E-state index contributed by atoms with van der Waals surface area (Å²) in [6.07, 6.45) is 7.10. The van der Waals surface area contributed by atoms with Gasteiger partial charge in [0.2, 0.25) is 0 Å². The Labute approximate surface area is 158 Å². The molecule has 1 atom stereocenters. The number of aromatic nitrogens is 3. The molecule has 0 aliphatic carbocycles. The number of phenols is 1. The van der Waals surface area contributed by atoms with Gasteiger partial charge in [0.25, 0.3) is 0 Å². The summed E-state index contributed by atoms with van der Waals surface area (Å²) in [6, 6.07) is 17.9. The van der Waals surface area contributed by atoms with E-state index in [1.54, 1.807) is 6.20 Å². The second-order valence-corrected chi connectivity index (χ2v) is 6.73. The van der Waals surface area contributed by atoms with Crippen LogP contribution in [0.1, 0.15) is 34.9 Å². The van der Waals surface area contributed by atoms with Crippen LogP contribution in [0.15, 0.2) is 73.2 Å². The number of nitrogens with zero attached hydrogens (tertiary/aromatic N) is 3. The van der Waals surface area contributed by atoms with E-state index in [0.717, 1.165) is 40.7 Å². The molecule has 3 heterocycles. The van der Waals surface area contributed by atoms with Gasteiger partial charge in [0.1, 0.15) is 11.3 Å². The number of benzene rings is 1. The fraction of sp³-hybridized carbons (Fsp3) is 0.174. The second kappa shape index (κ2) is 7.54. The summed E-state index contributed by atoms with van der Waals surface area (Å²) in [5.41, 5.74) is 4.54. The predicted octanol–water partition coefficient (Wildman–Crippen LogP) is 4.80. The SMILES string of the molecule is Cc1ccc2ccc(C(CCc3ccccn3)c3cccnc3)c(O)c2n1. The fourth-order valence-corrected chi connectivity index (χ4v) is 3.49. The van der Waals surface area contributed by atoms with Gasteiger partial charge in [-0.1, -0.05) is 30.3 Å². The van der Waals surface area contributed by atoms with Gasteiger partial charge in [-0.2, -0.15) is 0 Å². The molecule has 0 radical (unpaired) electrons. The number of aryl methyl sites for hydroxylation is 2. The van der Waals surface area contributed by atoms with Crippen molar-refractivity contribution in [1.29, 1.82) is 0 Å². The van der Waals surface area contributed by atoms with Crippen LogP contribution in [-0.4, -0.2) is 20.1 Å². The van der Waals surface area contributed by atoms with Crippen molar-refractivity contribution >= 4 is 10.9 Å². The molecule has 1 aromatic carbocycles. The molecule has 0 saturated heterocycles. The Morgan fingerprint density at radius 3 is 2.63 bits per heavy atom. The summed E-state index contributed by atoms with van der Waals surface area (Å²) >= 11 is 0. The third-order valence-electron chi connectivity index (χ3n) is 4.88. The Kier molecular flexibility index (Phi) is 4.79. The Morgan fingerprint density at radius 2 is 1.85 bits per heavy atom. The predicted molar refractivity (Wildman–Crippen MR) is 107 cm³/mol. The highest BCUT2D eigenvalue weighted by Gasteiger charge is 2.20. The van der Waals surface area contributed by atoms with E-state index in [2.05, 4.69) is 21.0 Å². The van der Waals surface area contributed by atoms with Gasteiger partial charge in [0, 0.05) is 46.8 Å². The van der Waals surface area contributed by atoms with Crippen molar-refractivity contribution in [3.8, 4) is 5.75 Å². The molecule has 27 heavy (non-hydrogen) atoms. The summed E-state index contributed by atoms with van der Waals surface area (Å²) in [5, 5.41) is 11.9. The molecule has 0 fully saturated rings. The number of pyridine rings is 3. The molecule has 0 amide bonds. The van der Waals surface area contributed by atoms with E-state index in [4.69, 9.17) is 0 Å². The molecule has 0 aliphatic heterocycles. The zero-order valence-electron chi connectivity index (χ0n) is 15.2. The molecule has 0 saturated carbocycles. The van der Waals surface area contributed by atoms with E-state index in [9.17, 15) is 5.11 Å². The maximum absolute atomic E-state index is 11.0. The largest absolute Gasteiger partial charge is 0.505 e. The van der Waals surface area contributed by atoms with E-state index in [0.29, 0.717) is 5.52 Å². The van der Waals surface area contributed by atoms with Gasteiger partial charge in [-0.3, -0.25) is 9.97 Å². The van der Waals surface area contributed by atoms with Crippen LogP contribution in [0.3, 0.4) is 0 Å². The van der Waals surface area contributed by atoms with Crippen molar-refractivity contribution in [3.63, 3.8) is 0 Å². The van der Waals surface area contributed by atoms with Crippen LogP contribution in [0.2, 0.25) is 0 Å². The number of aromatic hydroxyl groups is 1. The van der Waals surface area contributed by atoms with Crippen molar-refractivity contribution in [3.05, 3.63) is 95.7 Å². The molecule has 4 rings (SSSR count). The van der Waals surface area contributed by atoms with Crippen molar-refractivity contribution in [2.24, 2.45) is 0 Å². The molecule has 3 aromatic heterocycles. The first-order chi connectivity index (χ1) is 13.2. The van der Waals surface area contributed by atoms with Crippen molar-refractivity contribution in [2.45, 2.75) is 25.7 Å². The van der Waals surface area contributed by atoms with Crippen molar-refractivity contribution in [2.75, 3.05) is 0 Å². The Balaban J connectivity index is 1.76. The maximum atomic E-state index is 11.0. The minimum Gasteiger partial charge on any atom is -0.505 e. The fourth-order valence-electron chi connectivity index (χ4n) is 3.49. The van der Waals surface area contributed by atoms with Crippen LogP contribution in [0.4, 0.5) is 0 Å². The van der Waals surface area contributed by atoms with Gasteiger partial charge in [0.05, 0.1) is 0 Å². The number of rotatable bonds is 5. The Hall–Kier alpha value is -3.27. The van der Waals surface area contributed by atoms with Crippen molar-refractivity contribution < 1.29 is 5.11 Å². The molecule has 4 aromatic rings. The Morgan fingerprint density at radius 1 is 0.963 bits per heavy atom. The lowest BCUT2D eigenvalue weighted by molar-refractivity contribution is 0.467. The molecule has 1 N–H and O–H groups in total. The van der Waals surface area contributed by atoms with Crippen LogP contribution in [-0.2, 0) is 6.42 Å². The smallest absolute Gasteiger partial charge is 0.145 e. The van der Waals surface area contributed by atoms with E-state index in [1.807, 2.05) is 67.8 Å². The molecule has 4 heteroatoms. The number of phenolic OH excluding ortho intramolecular Hbond substituents is 1. The minimum atomic E-state index is 0.0208. The number of fused-ring (bicyclic) bond motifs is 1. The first-order valence-corrected chi connectivity index (χ1v) is 9.11. The average molecular weight is 355 g/mol. The van der Waals surface area contributed by atoms with E-state index in [-0.39, 0.29) is 11.7 Å². The third-order valence-corrected chi connectivity index (χ3v) is 4.88. The lowest BCUT2D eigenvalue weighted by atomic mass is 9.86. The molecular weight excluding hydrogens is 334 g/mol. The first-order valence-electron chi connectivity index (χ1n) is 9.11. The van der Waals surface area contributed by atoms with Crippen LogP contribution in [0.25, 0.3) is 10.9 Å². The highest BCUT2D eigenvalue weighted by molar-refractivity contribution is 5.86. The van der Waals surface area contributed by atoms with Gasteiger partial charge >= 0.3 is 0 Å². The molecule has 134 valence electrons. The zero-order valence-corrected chi connectivity index (χ0v) is 15.2. The van der Waals surface area contributed by atoms with Gasteiger partial charge in [-0.15, -0.1) is 0 Å². The standard InChI is InChI=1S/C23H21N3O/c1-16-7-8-17-9-11-21(23(27)22(17)26-16)20(18-5-4-13-24-15-18)12-10-19-6-2-3-14-25-19/h2-9,11,13-15,20,27H,10,12H2,1H3. The number of hydrogen-bond acceptors (Lipinski definition) is 4. The lowest BCUT2D eigenvalue weighted by Gasteiger charge is -2.19. The summed E-state index contributed by atoms with van der Waals surface area (Å²) in [6.45, 7) is 1.94. The van der Waals surface area contributed by atoms with Crippen LogP contribution in [0.5, 0.6) is 5.75 Å². The van der Waals surface area contributed by atoms with Gasteiger partial charge < -0.3 is 5.11 Å². The molecule has 4 nitrogen and oxygen atoms in total. The summed E-state index contributed by atoms with van der Waals surface area (Å²) in [7, 11) is 0. The summed E-state index contributed by atoms with van der Waals surface area (Å²) in [4.78, 5) is 13.3.